The van der Waals surface area contributed by atoms with Gasteiger partial charge in [0.1, 0.15) is 5.82 Å². The van der Waals surface area contributed by atoms with Crippen molar-refractivity contribution in [2.75, 3.05) is 5.73 Å². The van der Waals surface area contributed by atoms with Crippen LogP contribution in [-0.4, -0.2) is 14.8 Å². The Hall–Kier alpha value is -1.36. The van der Waals surface area contributed by atoms with Crippen molar-refractivity contribution in [2.24, 2.45) is 7.05 Å². The van der Waals surface area contributed by atoms with Crippen LogP contribution in [0.2, 0.25) is 0 Å². The lowest BCUT2D eigenvalue weighted by Gasteiger charge is -2.03. The summed E-state index contributed by atoms with van der Waals surface area (Å²) in [6.07, 6.45) is 0.696. The maximum atomic E-state index is 5.86. The van der Waals surface area contributed by atoms with Gasteiger partial charge in [0.05, 0.1) is 0 Å². The highest BCUT2D eigenvalue weighted by molar-refractivity contribution is 9.10. The third-order valence-corrected chi connectivity index (χ3v) is 2.57. The topological polar surface area (TPSA) is 56.7 Å². The minimum atomic E-state index is 0.606. The Bertz CT molecular complexity index is 478. The zero-order chi connectivity index (χ0) is 10.8. The summed E-state index contributed by atoms with van der Waals surface area (Å²) < 4.78 is 2.35. The molecule has 0 bridgehead atoms. The van der Waals surface area contributed by atoms with Gasteiger partial charge in [-0.3, -0.25) is 4.68 Å². The molecule has 1 heterocycles. The van der Waals surface area contributed by atoms with Gasteiger partial charge in [-0.15, -0.1) is 5.10 Å². The second-order valence-electron chi connectivity index (χ2n) is 3.30. The Morgan fingerprint density at radius 3 is 2.73 bits per heavy atom. The van der Waals surface area contributed by atoms with E-state index in [1.165, 1.54) is 0 Å². The number of halogens is 1. The van der Waals surface area contributed by atoms with Crippen LogP contribution in [0.1, 0.15) is 11.4 Å². The highest BCUT2D eigenvalue weighted by Crippen LogP contribution is 2.15. The summed E-state index contributed by atoms with van der Waals surface area (Å²) in [4.78, 5) is 4.26. The fourth-order valence-corrected chi connectivity index (χ4v) is 1.84. The van der Waals surface area contributed by atoms with Gasteiger partial charge < -0.3 is 5.73 Å². The number of nitrogens with zero attached hydrogens (tertiary/aromatic N) is 3. The predicted molar refractivity (Wildman–Crippen MR) is 62.4 cm³/mol. The molecule has 5 heteroatoms. The first-order chi connectivity index (χ1) is 7.16. The third-order valence-electron chi connectivity index (χ3n) is 2.23. The Morgan fingerprint density at radius 1 is 1.40 bits per heavy atom. The molecule has 2 N–H and O–H groups in total. The summed E-state index contributed by atoms with van der Waals surface area (Å²) in [5.74, 6) is 0.889. The van der Waals surface area contributed by atoms with Crippen LogP contribution >= 0.6 is 15.9 Å². The quantitative estimate of drug-likeness (QED) is 0.843. The first kappa shape index (κ1) is 10.2. The molecule has 0 amide bonds. The van der Waals surface area contributed by atoms with Gasteiger partial charge in [0.25, 0.3) is 0 Å². The molecule has 0 saturated carbocycles. The Labute approximate surface area is 96.3 Å². The Morgan fingerprint density at radius 2 is 2.13 bits per heavy atom. The molecule has 2 aromatic rings. The van der Waals surface area contributed by atoms with Crippen molar-refractivity contribution < 1.29 is 0 Å². The SMILES string of the molecule is Cn1nc(Br)nc1Cc1ccccc1N. The molecule has 0 radical (unpaired) electrons. The van der Waals surface area contributed by atoms with Crippen LogP contribution in [0.3, 0.4) is 0 Å². The van der Waals surface area contributed by atoms with Gasteiger partial charge in [0.15, 0.2) is 0 Å². The van der Waals surface area contributed by atoms with Gasteiger partial charge in [-0.05, 0) is 27.6 Å². The van der Waals surface area contributed by atoms with Crippen molar-refractivity contribution in [1.29, 1.82) is 0 Å². The van der Waals surface area contributed by atoms with Gasteiger partial charge >= 0.3 is 0 Å². The van der Waals surface area contributed by atoms with Crippen molar-refractivity contribution in [3.8, 4) is 0 Å². The second kappa shape index (κ2) is 4.02. The number of nitrogen functional groups attached to an aromatic ring is 1. The molecule has 4 nitrogen and oxygen atoms in total. The minimum absolute atomic E-state index is 0.606. The van der Waals surface area contributed by atoms with Gasteiger partial charge in [-0.2, -0.15) is 0 Å². The van der Waals surface area contributed by atoms with E-state index in [0.29, 0.717) is 11.2 Å². The number of hydrogen-bond donors (Lipinski definition) is 1. The number of anilines is 1. The summed E-state index contributed by atoms with van der Waals surface area (Å²) >= 11 is 3.24. The van der Waals surface area contributed by atoms with Crippen LogP contribution in [0.4, 0.5) is 5.69 Å². The molecule has 0 aliphatic carbocycles. The highest BCUT2D eigenvalue weighted by Gasteiger charge is 2.07. The van der Waals surface area contributed by atoms with E-state index in [0.717, 1.165) is 17.1 Å². The van der Waals surface area contributed by atoms with Crippen molar-refractivity contribution >= 4 is 21.6 Å². The monoisotopic (exact) mass is 266 g/mol. The first-order valence-electron chi connectivity index (χ1n) is 4.55. The van der Waals surface area contributed by atoms with Gasteiger partial charge in [0, 0.05) is 19.2 Å². The molecule has 0 saturated heterocycles. The molecule has 15 heavy (non-hydrogen) atoms. The molecule has 0 atom stereocenters. The molecule has 0 aliphatic rings. The molecule has 0 aliphatic heterocycles. The van der Waals surface area contributed by atoms with E-state index in [1.54, 1.807) is 4.68 Å². The lowest BCUT2D eigenvalue weighted by atomic mass is 10.1. The normalized spacial score (nSPS) is 10.5. The molecule has 1 aromatic heterocycles. The van der Waals surface area contributed by atoms with Crippen molar-refractivity contribution in [1.82, 2.24) is 14.8 Å². The Kier molecular flexibility index (Phi) is 2.73. The Balaban J connectivity index is 2.29. The van der Waals surface area contributed by atoms with Crippen molar-refractivity contribution in [3.05, 3.63) is 40.4 Å². The molecular formula is C10H11BrN4. The third kappa shape index (κ3) is 2.18. The predicted octanol–water partition coefficient (Wildman–Crippen LogP) is 1.75. The highest BCUT2D eigenvalue weighted by atomic mass is 79.9. The number of nitrogens with two attached hydrogens (primary N) is 1. The van der Waals surface area contributed by atoms with E-state index < -0.39 is 0 Å². The lowest BCUT2D eigenvalue weighted by Crippen LogP contribution is -2.02. The smallest absolute Gasteiger partial charge is 0.217 e. The minimum Gasteiger partial charge on any atom is -0.398 e. The molecule has 0 unspecified atom stereocenters. The number of benzene rings is 1. The number of hydrogen-bond acceptors (Lipinski definition) is 3. The van der Waals surface area contributed by atoms with Gasteiger partial charge in [-0.1, -0.05) is 18.2 Å². The second-order valence-corrected chi connectivity index (χ2v) is 4.01. The average molecular weight is 267 g/mol. The van der Waals surface area contributed by atoms with Crippen LogP contribution in [-0.2, 0) is 13.5 Å². The van der Waals surface area contributed by atoms with E-state index in [9.17, 15) is 0 Å². The summed E-state index contributed by atoms with van der Waals surface area (Å²) in [5.41, 5.74) is 7.71. The van der Waals surface area contributed by atoms with Crippen molar-refractivity contribution in [3.63, 3.8) is 0 Å². The van der Waals surface area contributed by atoms with Gasteiger partial charge in [0.2, 0.25) is 4.73 Å². The van der Waals surface area contributed by atoms with E-state index in [2.05, 4.69) is 26.0 Å². The molecule has 0 fully saturated rings. The maximum Gasteiger partial charge on any atom is 0.217 e. The standard InChI is InChI=1S/C10H11BrN4/c1-15-9(13-10(11)14-15)6-7-4-2-3-5-8(7)12/h2-5H,6,12H2,1H3. The van der Waals surface area contributed by atoms with Crippen LogP contribution in [0.15, 0.2) is 29.0 Å². The number of rotatable bonds is 2. The van der Waals surface area contributed by atoms with Gasteiger partial charge in [-0.25, -0.2) is 4.98 Å². The molecule has 1 aromatic carbocycles. The van der Waals surface area contributed by atoms with E-state index >= 15 is 0 Å². The van der Waals surface area contributed by atoms with Crippen LogP contribution in [0.5, 0.6) is 0 Å². The van der Waals surface area contributed by atoms with E-state index in [-0.39, 0.29) is 0 Å². The largest absolute Gasteiger partial charge is 0.398 e. The fourth-order valence-electron chi connectivity index (χ4n) is 1.40. The van der Waals surface area contributed by atoms with Crippen LogP contribution in [0.25, 0.3) is 0 Å². The zero-order valence-electron chi connectivity index (χ0n) is 8.31. The summed E-state index contributed by atoms with van der Waals surface area (Å²) in [6, 6.07) is 7.78. The first-order valence-corrected chi connectivity index (χ1v) is 5.35. The van der Waals surface area contributed by atoms with Crippen LogP contribution in [0, 0.1) is 0 Å². The van der Waals surface area contributed by atoms with Crippen molar-refractivity contribution in [2.45, 2.75) is 6.42 Å². The number of aryl methyl sites for hydroxylation is 1. The summed E-state index contributed by atoms with van der Waals surface area (Å²) in [7, 11) is 1.87. The molecule has 2 rings (SSSR count). The van der Waals surface area contributed by atoms with E-state index in [4.69, 9.17) is 5.73 Å². The number of para-hydroxylation sites is 1. The molecular weight excluding hydrogens is 256 g/mol. The summed E-state index contributed by atoms with van der Waals surface area (Å²) in [5, 5.41) is 4.12. The lowest BCUT2D eigenvalue weighted by molar-refractivity contribution is 0.713. The van der Waals surface area contributed by atoms with Crippen LogP contribution < -0.4 is 5.73 Å². The zero-order valence-corrected chi connectivity index (χ0v) is 9.90. The fraction of sp³-hybridized carbons (Fsp3) is 0.200. The molecule has 78 valence electrons. The average Bonchev–Trinajstić information content (AvgIpc) is 2.49. The number of aromatic nitrogens is 3. The molecule has 0 spiro atoms. The maximum absolute atomic E-state index is 5.86. The van der Waals surface area contributed by atoms with E-state index in [1.807, 2.05) is 31.3 Å². The summed E-state index contributed by atoms with van der Waals surface area (Å²) in [6.45, 7) is 0.